The number of esters is 1. The Kier molecular flexibility index (Phi) is 9.02. The van der Waals surface area contributed by atoms with Gasteiger partial charge in [0.2, 0.25) is 5.91 Å². The second-order valence-corrected chi connectivity index (χ2v) is 10.7. The summed E-state index contributed by atoms with van der Waals surface area (Å²) in [5.41, 5.74) is 2.21. The smallest absolute Gasteiger partial charge is 0.416 e. The van der Waals surface area contributed by atoms with Gasteiger partial charge in [-0.05, 0) is 62.4 Å². The molecule has 1 aliphatic heterocycles. The van der Waals surface area contributed by atoms with Gasteiger partial charge in [-0.25, -0.2) is 9.69 Å². The van der Waals surface area contributed by atoms with Crippen molar-refractivity contribution in [2.75, 3.05) is 6.61 Å². The van der Waals surface area contributed by atoms with Gasteiger partial charge >= 0.3 is 12.1 Å². The molecule has 2 atom stereocenters. The van der Waals surface area contributed by atoms with Crippen LogP contribution < -0.4 is 4.74 Å². The Morgan fingerprint density at radius 1 is 0.897 bits per heavy atom. The number of hydrogen-bond acceptors (Lipinski definition) is 6. The molecule has 1 heterocycles. The molecule has 1 aliphatic rings. The van der Waals surface area contributed by atoms with Crippen LogP contribution in [0.15, 0.2) is 84.9 Å². The molecule has 7 heteroatoms. The van der Waals surface area contributed by atoms with Crippen molar-refractivity contribution in [1.29, 1.82) is 0 Å². The molecular formula is C32H35NO6. The van der Waals surface area contributed by atoms with Crippen molar-refractivity contribution < 1.29 is 28.6 Å². The molecule has 7 nitrogen and oxygen atoms in total. The number of nitrogens with zero attached hydrogens (tertiary/aromatic N) is 1. The Labute approximate surface area is 229 Å². The van der Waals surface area contributed by atoms with Crippen LogP contribution in [0.5, 0.6) is 5.75 Å². The summed E-state index contributed by atoms with van der Waals surface area (Å²) in [6.45, 7) is 5.91. The maximum atomic E-state index is 13.8. The molecule has 0 aliphatic carbocycles. The number of rotatable bonds is 10. The predicted octanol–water partition coefficient (Wildman–Crippen LogP) is 5.75. The van der Waals surface area contributed by atoms with Crippen LogP contribution in [0.1, 0.15) is 43.9 Å². The minimum absolute atomic E-state index is 0.117. The standard InChI is InChI=1S/C32H35NO6/c1-32(2,3)39-29(34)20-26(18-24-14-16-28(17-15-24)37-21-25-12-8-5-9-13-25)30(35)33-27(22-38-31(33)36)19-23-10-6-4-7-11-23/h4-17,26-27H,18-22H2,1-3H3/t26-,27+/m1/s1. The molecule has 0 spiro atoms. The molecule has 0 N–H and O–H groups in total. The molecule has 0 aromatic heterocycles. The normalized spacial score (nSPS) is 15.9. The van der Waals surface area contributed by atoms with Gasteiger partial charge in [-0.15, -0.1) is 0 Å². The Balaban J connectivity index is 1.49. The van der Waals surface area contributed by atoms with Crippen LogP contribution in [0.4, 0.5) is 4.79 Å². The van der Waals surface area contributed by atoms with E-state index in [2.05, 4.69) is 0 Å². The van der Waals surface area contributed by atoms with Crippen molar-refractivity contribution in [3.8, 4) is 5.75 Å². The van der Waals surface area contributed by atoms with Gasteiger partial charge < -0.3 is 14.2 Å². The molecule has 1 fully saturated rings. The van der Waals surface area contributed by atoms with E-state index in [1.807, 2.05) is 84.9 Å². The van der Waals surface area contributed by atoms with Crippen LogP contribution in [0, 0.1) is 5.92 Å². The molecular weight excluding hydrogens is 494 g/mol. The highest BCUT2D eigenvalue weighted by Crippen LogP contribution is 2.25. The highest BCUT2D eigenvalue weighted by molar-refractivity contribution is 5.96. The summed E-state index contributed by atoms with van der Waals surface area (Å²) in [5, 5.41) is 0. The highest BCUT2D eigenvalue weighted by Gasteiger charge is 2.41. The third-order valence-corrected chi connectivity index (χ3v) is 6.35. The monoisotopic (exact) mass is 529 g/mol. The molecule has 0 saturated carbocycles. The zero-order chi connectivity index (χ0) is 27.8. The summed E-state index contributed by atoms with van der Waals surface area (Å²) in [6, 6.07) is 26.5. The number of ether oxygens (including phenoxy) is 3. The minimum atomic E-state index is -0.792. The predicted molar refractivity (Wildman–Crippen MR) is 147 cm³/mol. The largest absolute Gasteiger partial charge is 0.489 e. The van der Waals surface area contributed by atoms with Crippen molar-refractivity contribution in [3.05, 3.63) is 102 Å². The van der Waals surface area contributed by atoms with E-state index < -0.39 is 35.5 Å². The molecule has 3 aromatic rings. The van der Waals surface area contributed by atoms with E-state index in [0.717, 1.165) is 16.7 Å². The van der Waals surface area contributed by atoms with Crippen LogP contribution >= 0.6 is 0 Å². The van der Waals surface area contributed by atoms with Gasteiger partial charge in [0.15, 0.2) is 0 Å². The Hall–Kier alpha value is -4.13. The van der Waals surface area contributed by atoms with Crippen LogP contribution in [0.3, 0.4) is 0 Å². The summed E-state index contributed by atoms with van der Waals surface area (Å²) in [5.74, 6) is -1.02. The number of hydrogen-bond donors (Lipinski definition) is 0. The lowest BCUT2D eigenvalue weighted by Gasteiger charge is -2.26. The second kappa shape index (κ2) is 12.6. The summed E-state index contributed by atoms with van der Waals surface area (Å²) >= 11 is 0. The molecule has 204 valence electrons. The van der Waals surface area contributed by atoms with E-state index in [9.17, 15) is 14.4 Å². The van der Waals surface area contributed by atoms with Crippen LogP contribution in [0.2, 0.25) is 0 Å². The Bertz CT molecular complexity index is 1250. The maximum absolute atomic E-state index is 13.8. The van der Waals surface area contributed by atoms with Crippen molar-refractivity contribution in [3.63, 3.8) is 0 Å². The summed E-state index contributed by atoms with van der Waals surface area (Å²) in [7, 11) is 0. The van der Waals surface area contributed by atoms with Gasteiger partial charge in [-0.2, -0.15) is 0 Å². The average Bonchev–Trinajstić information content (AvgIpc) is 3.27. The third-order valence-electron chi connectivity index (χ3n) is 6.35. The number of amides is 2. The quantitative estimate of drug-likeness (QED) is 0.311. The lowest BCUT2D eigenvalue weighted by molar-refractivity contribution is -0.158. The fourth-order valence-corrected chi connectivity index (χ4v) is 4.54. The molecule has 0 bridgehead atoms. The molecule has 0 unspecified atom stereocenters. The van der Waals surface area contributed by atoms with E-state index in [0.29, 0.717) is 18.8 Å². The van der Waals surface area contributed by atoms with Gasteiger partial charge in [-0.3, -0.25) is 9.59 Å². The summed E-state index contributed by atoms with van der Waals surface area (Å²) in [6.07, 6.45) is -0.0895. The number of benzene rings is 3. The van der Waals surface area contributed by atoms with E-state index in [4.69, 9.17) is 14.2 Å². The first-order valence-corrected chi connectivity index (χ1v) is 13.2. The highest BCUT2D eigenvalue weighted by atomic mass is 16.6. The molecule has 3 aromatic carbocycles. The van der Waals surface area contributed by atoms with Crippen LogP contribution in [-0.4, -0.2) is 41.1 Å². The maximum Gasteiger partial charge on any atom is 0.416 e. The topological polar surface area (TPSA) is 82.1 Å². The number of cyclic esters (lactones) is 1. The third kappa shape index (κ3) is 8.18. The molecule has 0 radical (unpaired) electrons. The Morgan fingerprint density at radius 2 is 1.51 bits per heavy atom. The number of carbonyl (C=O) groups excluding carboxylic acids is 3. The van der Waals surface area contributed by atoms with Gasteiger partial charge in [0.25, 0.3) is 0 Å². The summed E-state index contributed by atoms with van der Waals surface area (Å²) in [4.78, 5) is 40.4. The first-order chi connectivity index (χ1) is 18.7. The molecule has 4 rings (SSSR count). The molecule has 1 saturated heterocycles. The average molecular weight is 530 g/mol. The minimum Gasteiger partial charge on any atom is -0.489 e. The first kappa shape index (κ1) is 27.9. The van der Waals surface area contributed by atoms with Gasteiger partial charge in [0, 0.05) is 0 Å². The number of carbonyl (C=O) groups is 3. The summed E-state index contributed by atoms with van der Waals surface area (Å²) < 4.78 is 16.7. The van der Waals surface area contributed by atoms with E-state index in [1.165, 1.54) is 4.90 Å². The van der Waals surface area contributed by atoms with Crippen molar-refractivity contribution in [2.24, 2.45) is 5.92 Å². The van der Waals surface area contributed by atoms with Gasteiger partial charge in [-0.1, -0.05) is 72.8 Å². The van der Waals surface area contributed by atoms with E-state index in [-0.39, 0.29) is 19.4 Å². The zero-order valence-corrected chi connectivity index (χ0v) is 22.7. The fourth-order valence-electron chi connectivity index (χ4n) is 4.54. The molecule has 2 amide bonds. The second-order valence-electron chi connectivity index (χ2n) is 10.7. The van der Waals surface area contributed by atoms with Gasteiger partial charge in [0.1, 0.15) is 24.6 Å². The number of imide groups is 1. The first-order valence-electron chi connectivity index (χ1n) is 13.2. The molecule has 39 heavy (non-hydrogen) atoms. The lowest BCUT2D eigenvalue weighted by Crippen LogP contribution is -2.45. The fraction of sp³-hybridized carbons (Fsp3) is 0.344. The van der Waals surface area contributed by atoms with E-state index in [1.54, 1.807) is 20.8 Å². The van der Waals surface area contributed by atoms with Gasteiger partial charge in [0.05, 0.1) is 18.4 Å². The van der Waals surface area contributed by atoms with Crippen molar-refractivity contribution in [1.82, 2.24) is 4.90 Å². The van der Waals surface area contributed by atoms with Crippen LogP contribution in [-0.2, 0) is 38.5 Å². The SMILES string of the molecule is CC(C)(C)OC(=O)C[C@@H](Cc1ccc(OCc2ccccc2)cc1)C(=O)N1C(=O)OC[C@@H]1Cc1ccccc1. The van der Waals surface area contributed by atoms with Crippen LogP contribution in [0.25, 0.3) is 0 Å². The van der Waals surface area contributed by atoms with Crippen molar-refractivity contribution >= 4 is 18.0 Å². The van der Waals surface area contributed by atoms with Crippen molar-refractivity contribution in [2.45, 2.75) is 58.3 Å². The zero-order valence-electron chi connectivity index (χ0n) is 22.7. The lowest BCUT2D eigenvalue weighted by atomic mass is 9.93. The Morgan fingerprint density at radius 3 is 2.13 bits per heavy atom. The van der Waals surface area contributed by atoms with E-state index >= 15 is 0 Å².